The molecule has 0 saturated heterocycles. The van der Waals surface area contributed by atoms with Crippen LogP contribution in [-0.4, -0.2) is 19.9 Å². The number of H-pyrrole nitrogens is 1. The molecule has 0 radical (unpaired) electrons. The maximum absolute atomic E-state index is 4.32. The summed E-state index contributed by atoms with van der Waals surface area (Å²) in [6, 6.07) is 14.1. The molecule has 0 aliphatic rings. The second kappa shape index (κ2) is 6.12. The predicted octanol–water partition coefficient (Wildman–Crippen LogP) is 3.86. The fourth-order valence-corrected chi connectivity index (χ4v) is 3.05. The summed E-state index contributed by atoms with van der Waals surface area (Å²) in [4.78, 5) is 16.2. The zero-order valence-corrected chi connectivity index (χ0v) is 13.3. The first-order valence-electron chi connectivity index (χ1n) is 7.83. The molecule has 24 heavy (non-hydrogen) atoms. The Kier molecular flexibility index (Phi) is 3.67. The van der Waals surface area contributed by atoms with Gasteiger partial charge in [0.25, 0.3) is 0 Å². The maximum atomic E-state index is 4.32. The molecular formula is C19H17N5. The number of aryl methyl sites for hydroxylation is 1. The van der Waals surface area contributed by atoms with Gasteiger partial charge in [-0.15, -0.1) is 0 Å². The van der Waals surface area contributed by atoms with Crippen molar-refractivity contribution in [2.75, 3.05) is 5.32 Å². The van der Waals surface area contributed by atoms with E-state index in [9.17, 15) is 0 Å². The minimum atomic E-state index is -0.0634. The standard InChI is InChI=1S/C19H17N5/c1-13-17(15-5-2-3-6-16(15)23-13)18(14-7-11-20-12-8-14)24-19-21-9-4-10-22-19/h2-12,18,23H,1H3,(H,21,22,24). The normalized spacial score (nSPS) is 12.2. The van der Waals surface area contributed by atoms with Crippen molar-refractivity contribution in [2.24, 2.45) is 0 Å². The molecule has 0 fully saturated rings. The number of nitrogens with one attached hydrogen (secondary N) is 2. The second-order valence-corrected chi connectivity index (χ2v) is 5.64. The third-order valence-electron chi connectivity index (χ3n) is 4.11. The first-order chi connectivity index (χ1) is 11.8. The van der Waals surface area contributed by atoms with E-state index >= 15 is 0 Å². The summed E-state index contributed by atoms with van der Waals surface area (Å²) in [6.45, 7) is 2.09. The highest BCUT2D eigenvalue weighted by Crippen LogP contribution is 2.33. The van der Waals surface area contributed by atoms with Crippen LogP contribution in [0.25, 0.3) is 10.9 Å². The Morgan fingerprint density at radius 3 is 2.46 bits per heavy atom. The summed E-state index contributed by atoms with van der Waals surface area (Å²) in [5, 5.41) is 4.66. The summed E-state index contributed by atoms with van der Waals surface area (Å²) in [5.41, 5.74) is 4.57. The molecule has 1 atom stereocenters. The highest BCUT2D eigenvalue weighted by molar-refractivity contribution is 5.86. The van der Waals surface area contributed by atoms with E-state index in [0.717, 1.165) is 16.8 Å². The predicted molar refractivity (Wildman–Crippen MR) is 94.8 cm³/mol. The molecule has 0 spiro atoms. The summed E-state index contributed by atoms with van der Waals surface area (Å²) >= 11 is 0. The van der Waals surface area contributed by atoms with Crippen LogP contribution in [0.5, 0.6) is 0 Å². The van der Waals surface area contributed by atoms with Gasteiger partial charge in [0.15, 0.2) is 0 Å². The molecule has 0 aliphatic heterocycles. The average molecular weight is 315 g/mol. The van der Waals surface area contributed by atoms with Crippen LogP contribution in [0.4, 0.5) is 5.95 Å². The van der Waals surface area contributed by atoms with Gasteiger partial charge in [0.1, 0.15) is 0 Å². The molecule has 1 unspecified atom stereocenters. The van der Waals surface area contributed by atoms with E-state index in [0.29, 0.717) is 5.95 Å². The van der Waals surface area contributed by atoms with Gasteiger partial charge in [-0.05, 0) is 36.8 Å². The van der Waals surface area contributed by atoms with Crippen molar-refractivity contribution in [3.05, 3.63) is 84.1 Å². The largest absolute Gasteiger partial charge is 0.358 e. The molecule has 0 amide bonds. The van der Waals surface area contributed by atoms with E-state index in [2.05, 4.69) is 50.4 Å². The summed E-state index contributed by atoms with van der Waals surface area (Å²) < 4.78 is 0. The van der Waals surface area contributed by atoms with E-state index in [4.69, 9.17) is 0 Å². The number of fused-ring (bicyclic) bond motifs is 1. The third kappa shape index (κ3) is 2.60. The van der Waals surface area contributed by atoms with Gasteiger partial charge in [0.2, 0.25) is 5.95 Å². The molecular weight excluding hydrogens is 298 g/mol. The summed E-state index contributed by atoms with van der Waals surface area (Å²) in [7, 11) is 0. The SMILES string of the molecule is Cc1[nH]c2ccccc2c1C(Nc1ncccn1)c1ccncc1. The number of benzene rings is 1. The lowest BCUT2D eigenvalue weighted by Gasteiger charge is -2.20. The monoisotopic (exact) mass is 315 g/mol. The number of hydrogen-bond acceptors (Lipinski definition) is 4. The van der Waals surface area contributed by atoms with Crippen molar-refractivity contribution in [1.82, 2.24) is 19.9 Å². The molecule has 1 aromatic carbocycles. The number of hydrogen-bond donors (Lipinski definition) is 2. The van der Waals surface area contributed by atoms with Crippen LogP contribution >= 0.6 is 0 Å². The number of rotatable bonds is 4. The van der Waals surface area contributed by atoms with Crippen LogP contribution in [0, 0.1) is 6.92 Å². The first kappa shape index (κ1) is 14.4. The minimum absolute atomic E-state index is 0.0634. The lowest BCUT2D eigenvalue weighted by atomic mass is 9.97. The Morgan fingerprint density at radius 2 is 1.67 bits per heavy atom. The van der Waals surface area contributed by atoms with Gasteiger partial charge in [0, 0.05) is 46.9 Å². The molecule has 0 saturated carbocycles. The Morgan fingerprint density at radius 1 is 0.917 bits per heavy atom. The smallest absolute Gasteiger partial charge is 0.223 e. The van der Waals surface area contributed by atoms with Crippen molar-refractivity contribution in [1.29, 1.82) is 0 Å². The minimum Gasteiger partial charge on any atom is -0.358 e. The van der Waals surface area contributed by atoms with Gasteiger partial charge < -0.3 is 10.3 Å². The summed E-state index contributed by atoms with van der Waals surface area (Å²) in [6.07, 6.45) is 7.09. The van der Waals surface area contributed by atoms with Gasteiger partial charge in [-0.3, -0.25) is 4.98 Å². The fraction of sp³-hybridized carbons (Fsp3) is 0.105. The van der Waals surface area contributed by atoms with Crippen molar-refractivity contribution >= 4 is 16.9 Å². The Hall–Kier alpha value is -3.21. The van der Waals surface area contributed by atoms with Gasteiger partial charge in [-0.25, -0.2) is 9.97 Å². The van der Waals surface area contributed by atoms with Crippen LogP contribution < -0.4 is 5.32 Å². The quantitative estimate of drug-likeness (QED) is 0.600. The molecule has 2 N–H and O–H groups in total. The Balaban J connectivity index is 1.87. The van der Waals surface area contributed by atoms with Crippen molar-refractivity contribution < 1.29 is 0 Å². The summed E-state index contributed by atoms with van der Waals surface area (Å²) in [5.74, 6) is 0.601. The fourth-order valence-electron chi connectivity index (χ4n) is 3.05. The second-order valence-electron chi connectivity index (χ2n) is 5.64. The zero-order chi connectivity index (χ0) is 16.4. The molecule has 3 heterocycles. The van der Waals surface area contributed by atoms with Crippen LogP contribution in [-0.2, 0) is 0 Å². The zero-order valence-electron chi connectivity index (χ0n) is 13.3. The van der Waals surface area contributed by atoms with Crippen molar-refractivity contribution in [3.8, 4) is 0 Å². The number of nitrogens with zero attached hydrogens (tertiary/aromatic N) is 3. The topological polar surface area (TPSA) is 66.5 Å². The van der Waals surface area contributed by atoms with E-state index in [1.807, 2.05) is 24.3 Å². The number of anilines is 1. The van der Waals surface area contributed by atoms with Crippen LogP contribution in [0.1, 0.15) is 22.9 Å². The molecule has 3 aromatic heterocycles. The third-order valence-corrected chi connectivity index (χ3v) is 4.11. The Labute approximate surface area is 139 Å². The lowest BCUT2D eigenvalue weighted by Crippen LogP contribution is -2.15. The molecule has 4 aromatic rings. The highest BCUT2D eigenvalue weighted by atomic mass is 15.1. The van der Waals surface area contributed by atoms with E-state index in [-0.39, 0.29) is 6.04 Å². The lowest BCUT2D eigenvalue weighted by molar-refractivity contribution is 0.900. The van der Waals surface area contributed by atoms with Crippen molar-refractivity contribution in [2.45, 2.75) is 13.0 Å². The molecule has 0 bridgehead atoms. The maximum Gasteiger partial charge on any atom is 0.223 e. The van der Waals surface area contributed by atoms with Gasteiger partial charge in [0.05, 0.1) is 6.04 Å². The van der Waals surface area contributed by atoms with Crippen LogP contribution in [0.2, 0.25) is 0 Å². The van der Waals surface area contributed by atoms with Crippen molar-refractivity contribution in [3.63, 3.8) is 0 Å². The number of aromatic nitrogens is 4. The number of pyridine rings is 1. The van der Waals surface area contributed by atoms with E-state index in [1.54, 1.807) is 24.8 Å². The van der Waals surface area contributed by atoms with Crippen LogP contribution in [0.3, 0.4) is 0 Å². The van der Waals surface area contributed by atoms with E-state index < -0.39 is 0 Å². The van der Waals surface area contributed by atoms with E-state index in [1.165, 1.54) is 10.9 Å². The van der Waals surface area contributed by atoms with Gasteiger partial charge in [-0.1, -0.05) is 18.2 Å². The number of para-hydroxylation sites is 1. The van der Waals surface area contributed by atoms with Gasteiger partial charge in [-0.2, -0.15) is 0 Å². The molecule has 118 valence electrons. The van der Waals surface area contributed by atoms with Gasteiger partial charge >= 0.3 is 0 Å². The van der Waals surface area contributed by atoms with Crippen LogP contribution in [0.15, 0.2) is 67.3 Å². The molecule has 5 heteroatoms. The first-order valence-corrected chi connectivity index (χ1v) is 7.83. The Bertz CT molecular complexity index is 947. The number of aromatic amines is 1. The molecule has 4 rings (SSSR count). The highest BCUT2D eigenvalue weighted by Gasteiger charge is 2.21. The average Bonchev–Trinajstić information content (AvgIpc) is 2.97. The molecule has 5 nitrogen and oxygen atoms in total. The molecule has 0 aliphatic carbocycles.